The molecule has 1 aromatic heterocycles. The highest BCUT2D eigenvalue weighted by molar-refractivity contribution is 7.09. The molecular formula is C16H14FNOS. The molecule has 0 saturated heterocycles. The van der Waals surface area contributed by atoms with Crippen LogP contribution < -0.4 is 0 Å². The minimum atomic E-state index is -1.00. The van der Waals surface area contributed by atoms with Crippen molar-refractivity contribution in [3.63, 3.8) is 0 Å². The molecule has 1 atom stereocenters. The molecule has 0 aliphatic heterocycles. The van der Waals surface area contributed by atoms with Crippen LogP contribution in [-0.2, 0) is 11.2 Å². The van der Waals surface area contributed by atoms with Gasteiger partial charge >= 0.3 is 0 Å². The molecule has 0 saturated carbocycles. The summed E-state index contributed by atoms with van der Waals surface area (Å²) in [6, 6.07) is 11.9. The summed E-state index contributed by atoms with van der Waals surface area (Å²) in [5.74, 6) is -1.71. The zero-order valence-corrected chi connectivity index (χ0v) is 11.7. The van der Waals surface area contributed by atoms with Crippen LogP contribution in [0, 0.1) is 17.1 Å². The van der Waals surface area contributed by atoms with Crippen LogP contribution in [0.4, 0.5) is 4.39 Å². The Kier molecular flexibility index (Phi) is 5.03. The van der Waals surface area contributed by atoms with Gasteiger partial charge in [0.05, 0.1) is 6.07 Å². The van der Waals surface area contributed by atoms with Crippen molar-refractivity contribution in [2.75, 3.05) is 0 Å². The number of aryl methyl sites for hydroxylation is 1. The van der Waals surface area contributed by atoms with Crippen LogP contribution >= 0.6 is 11.3 Å². The molecule has 2 nitrogen and oxygen atoms in total. The first-order valence-electron chi connectivity index (χ1n) is 6.41. The summed E-state index contributed by atoms with van der Waals surface area (Å²) in [5, 5.41) is 11.1. The van der Waals surface area contributed by atoms with Crippen molar-refractivity contribution in [3.05, 3.63) is 58.0 Å². The Bertz CT molecular complexity index is 616. The van der Waals surface area contributed by atoms with Crippen molar-refractivity contribution in [1.29, 1.82) is 5.26 Å². The topological polar surface area (TPSA) is 40.9 Å². The molecule has 0 radical (unpaired) electrons. The predicted molar refractivity (Wildman–Crippen MR) is 77.0 cm³/mol. The number of benzene rings is 1. The molecule has 0 spiro atoms. The fraction of sp³-hybridized carbons (Fsp3) is 0.250. The Hall–Kier alpha value is -1.99. The average Bonchev–Trinajstić information content (AvgIpc) is 2.95. The molecular weight excluding hydrogens is 273 g/mol. The van der Waals surface area contributed by atoms with E-state index in [0.29, 0.717) is 12.8 Å². The van der Waals surface area contributed by atoms with Crippen LogP contribution in [0.2, 0.25) is 0 Å². The van der Waals surface area contributed by atoms with Crippen LogP contribution in [0.1, 0.15) is 29.2 Å². The van der Waals surface area contributed by atoms with E-state index in [9.17, 15) is 9.18 Å². The number of nitrogens with zero attached hydrogens (tertiary/aromatic N) is 1. The zero-order valence-electron chi connectivity index (χ0n) is 10.9. The van der Waals surface area contributed by atoms with Crippen LogP contribution in [-0.4, -0.2) is 5.78 Å². The van der Waals surface area contributed by atoms with Gasteiger partial charge in [0.25, 0.3) is 0 Å². The van der Waals surface area contributed by atoms with E-state index >= 15 is 0 Å². The van der Waals surface area contributed by atoms with Gasteiger partial charge in [-0.3, -0.25) is 4.79 Å². The quantitative estimate of drug-likeness (QED) is 0.803. The minimum absolute atomic E-state index is 0.177. The van der Waals surface area contributed by atoms with Gasteiger partial charge in [-0.05, 0) is 30.4 Å². The van der Waals surface area contributed by atoms with Gasteiger partial charge in [0.1, 0.15) is 11.7 Å². The fourth-order valence-corrected chi connectivity index (χ4v) is 2.81. The van der Waals surface area contributed by atoms with Crippen molar-refractivity contribution < 1.29 is 9.18 Å². The molecule has 20 heavy (non-hydrogen) atoms. The third-order valence-electron chi connectivity index (χ3n) is 3.09. The minimum Gasteiger partial charge on any atom is -0.298 e. The first-order chi connectivity index (χ1) is 9.72. The number of ketones is 1. The van der Waals surface area contributed by atoms with Crippen molar-refractivity contribution in [1.82, 2.24) is 0 Å². The van der Waals surface area contributed by atoms with E-state index in [1.165, 1.54) is 17.0 Å². The second kappa shape index (κ2) is 6.97. The molecule has 2 aromatic rings. The standard InChI is InChI=1S/C16H14FNOS/c17-15-8-2-1-7-13(15)14(11-18)16(19)9-3-5-12-6-4-10-20-12/h1-2,4,6-8,10,14H,3,5,9H2. The highest BCUT2D eigenvalue weighted by Gasteiger charge is 2.22. The van der Waals surface area contributed by atoms with E-state index in [-0.39, 0.29) is 11.3 Å². The lowest BCUT2D eigenvalue weighted by Gasteiger charge is -2.09. The molecule has 1 unspecified atom stereocenters. The summed E-state index contributed by atoms with van der Waals surface area (Å²) in [6.07, 6.45) is 1.80. The largest absolute Gasteiger partial charge is 0.298 e. The van der Waals surface area contributed by atoms with Crippen molar-refractivity contribution in [3.8, 4) is 6.07 Å². The van der Waals surface area contributed by atoms with Crippen molar-refractivity contribution in [2.24, 2.45) is 0 Å². The number of thiophene rings is 1. The Labute approximate surface area is 121 Å². The number of Topliss-reactive ketones (excluding diaryl/α,β-unsaturated/α-hetero) is 1. The average molecular weight is 287 g/mol. The summed E-state index contributed by atoms with van der Waals surface area (Å²) in [5.41, 5.74) is 0.177. The highest BCUT2D eigenvalue weighted by atomic mass is 32.1. The van der Waals surface area contributed by atoms with Crippen molar-refractivity contribution >= 4 is 17.1 Å². The van der Waals surface area contributed by atoms with E-state index in [4.69, 9.17) is 5.26 Å². The van der Waals surface area contributed by atoms with Crippen LogP contribution in [0.25, 0.3) is 0 Å². The van der Waals surface area contributed by atoms with Gasteiger partial charge in [0.15, 0.2) is 5.78 Å². The van der Waals surface area contributed by atoms with Crippen LogP contribution in [0.3, 0.4) is 0 Å². The number of carbonyl (C=O) groups is 1. The Balaban J connectivity index is 1.96. The molecule has 0 aliphatic carbocycles. The number of halogens is 1. The zero-order chi connectivity index (χ0) is 14.4. The molecule has 4 heteroatoms. The summed E-state index contributed by atoms with van der Waals surface area (Å²) in [6.45, 7) is 0. The summed E-state index contributed by atoms with van der Waals surface area (Å²) >= 11 is 1.65. The lowest BCUT2D eigenvalue weighted by molar-refractivity contribution is -0.119. The molecule has 1 aromatic carbocycles. The van der Waals surface area contributed by atoms with E-state index in [1.807, 2.05) is 23.6 Å². The lowest BCUT2D eigenvalue weighted by atomic mass is 9.93. The van der Waals surface area contributed by atoms with E-state index < -0.39 is 11.7 Å². The summed E-state index contributed by atoms with van der Waals surface area (Å²) in [4.78, 5) is 13.3. The number of hydrogen-bond donors (Lipinski definition) is 0. The molecule has 0 amide bonds. The third kappa shape index (κ3) is 3.52. The Morgan fingerprint density at radius 3 is 2.75 bits per heavy atom. The maximum Gasteiger partial charge on any atom is 0.154 e. The molecule has 0 bridgehead atoms. The summed E-state index contributed by atoms with van der Waals surface area (Å²) < 4.78 is 13.6. The number of hydrogen-bond acceptors (Lipinski definition) is 3. The third-order valence-corrected chi connectivity index (χ3v) is 4.03. The number of rotatable bonds is 6. The molecule has 0 N–H and O–H groups in total. The van der Waals surface area contributed by atoms with Gasteiger partial charge in [0, 0.05) is 16.9 Å². The fourth-order valence-electron chi connectivity index (χ4n) is 2.06. The first-order valence-corrected chi connectivity index (χ1v) is 7.29. The normalized spacial score (nSPS) is 11.8. The summed E-state index contributed by atoms with van der Waals surface area (Å²) in [7, 11) is 0. The molecule has 2 rings (SSSR count). The number of carbonyl (C=O) groups excluding carboxylic acids is 1. The van der Waals surface area contributed by atoms with Gasteiger partial charge in [-0.15, -0.1) is 11.3 Å². The second-order valence-electron chi connectivity index (χ2n) is 4.48. The highest BCUT2D eigenvalue weighted by Crippen LogP contribution is 2.22. The van der Waals surface area contributed by atoms with Gasteiger partial charge < -0.3 is 0 Å². The second-order valence-corrected chi connectivity index (χ2v) is 5.52. The molecule has 0 aliphatic rings. The first kappa shape index (κ1) is 14.4. The monoisotopic (exact) mass is 287 g/mol. The molecule has 1 heterocycles. The van der Waals surface area contributed by atoms with Gasteiger partial charge in [-0.2, -0.15) is 5.26 Å². The predicted octanol–water partition coefficient (Wildman–Crippen LogP) is 4.09. The maximum absolute atomic E-state index is 13.6. The lowest BCUT2D eigenvalue weighted by Crippen LogP contribution is -2.12. The SMILES string of the molecule is N#CC(C(=O)CCCc1cccs1)c1ccccc1F. The van der Waals surface area contributed by atoms with Crippen LogP contribution in [0.5, 0.6) is 0 Å². The number of nitriles is 1. The molecule has 0 fully saturated rings. The van der Waals surface area contributed by atoms with Crippen LogP contribution in [0.15, 0.2) is 41.8 Å². The van der Waals surface area contributed by atoms with Gasteiger partial charge in [-0.1, -0.05) is 24.3 Å². The Morgan fingerprint density at radius 2 is 2.10 bits per heavy atom. The molecule has 102 valence electrons. The van der Waals surface area contributed by atoms with Gasteiger partial charge in [-0.25, -0.2) is 4.39 Å². The smallest absolute Gasteiger partial charge is 0.154 e. The maximum atomic E-state index is 13.6. The van der Waals surface area contributed by atoms with E-state index in [1.54, 1.807) is 23.5 Å². The van der Waals surface area contributed by atoms with Crippen molar-refractivity contribution in [2.45, 2.75) is 25.2 Å². The van der Waals surface area contributed by atoms with Gasteiger partial charge in [0.2, 0.25) is 0 Å². The van der Waals surface area contributed by atoms with E-state index in [2.05, 4.69) is 0 Å². The van der Waals surface area contributed by atoms with E-state index in [0.717, 1.165) is 6.42 Å². The Morgan fingerprint density at radius 1 is 1.30 bits per heavy atom.